The van der Waals surface area contributed by atoms with Crippen molar-refractivity contribution in [3.63, 3.8) is 0 Å². The maximum Gasteiger partial charge on any atom is 0.320 e. The van der Waals surface area contributed by atoms with Gasteiger partial charge in [-0.2, -0.15) is 5.10 Å². The molecule has 1 atom stereocenters. The zero-order valence-electron chi connectivity index (χ0n) is 12.9. The first-order valence-electron chi connectivity index (χ1n) is 7.82. The molecule has 3 rings (SSSR count). The molecule has 0 unspecified atom stereocenters. The highest BCUT2D eigenvalue weighted by Gasteiger charge is 2.33. The van der Waals surface area contributed by atoms with Gasteiger partial charge in [-0.15, -0.1) is 0 Å². The van der Waals surface area contributed by atoms with Crippen molar-refractivity contribution in [3.8, 4) is 0 Å². The SMILES string of the molecule is CCn1ncc2c1[C@@H](COC)CN(C(=O)N1CCCC1)C2. The number of carbonyl (C=O) groups excluding carboxylic acids is 1. The van der Waals surface area contributed by atoms with Crippen molar-refractivity contribution in [2.45, 2.75) is 38.8 Å². The van der Waals surface area contributed by atoms with Crippen LogP contribution in [0.3, 0.4) is 0 Å². The fourth-order valence-electron chi connectivity index (χ4n) is 3.49. The van der Waals surface area contributed by atoms with Crippen LogP contribution in [0.2, 0.25) is 0 Å². The molecule has 0 bridgehead atoms. The molecule has 1 fully saturated rings. The third-order valence-corrected chi connectivity index (χ3v) is 4.46. The van der Waals surface area contributed by atoms with Gasteiger partial charge in [0.1, 0.15) is 0 Å². The number of rotatable bonds is 3. The third kappa shape index (κ3) is 2.64. The molecular formula is C15H24N4O2. The maximum absolute atomic E-state index is 12.6. The smallest absolute Gasteiger partial charge is 0.320 e. The van der Waals surface area contributed by atoms with Crippen molar-refractivity contribution in [1.82, 2.24) is 19.6 Å². The predicted molar refractivity (Wildman–Crippen MR) is 79.1 cm³/mol. The van der Waals surface area contributed by atoms with Crippen LogP contribution >= 0.6 is 0 Å². The second-order valence-corrected chi connectivity index (χ2v) is 5.88. The Hall–Kier alpha value is -1.56. The van der Waals surface area contributed by atoms with Crippen molar-refractivity contribution in [2.75, 3.05) is 33.4 Å². The Morgan fingerprint density at radius 1 is 1.38 bits per heavy atom. The molecule has 0 saturated carbocycles. The Balaban J connectivity index is 1.82. The molecule has 0 aliphatic carbocycles. The lowest BCUT2D eigenvalue weighted by molar-refractivity contribution is 0.124. The molecule has 2 amide bonds. The number of hydrogen-bond donors (Lipinski definition) is 0. The summed E-state index contributed by atoms with van der Waals surface area (Å²) in [6.07, 6.45) is 4.16. The molecule has 116 valence electrons. The molecule has 2 aliphatic rings. The first-order chi connectivity index (χ1) is 10.2. The average Bonchev–Trinajstić information content (AvgIpc) is 3.16. The zero-order valence-corrected chi connectivity index (χ0v) is 12.9. The zero-order chi connectivity index (χ0) is 14.8. The Labute approximate surface area is 125 Å². The minimum Gasteiger partial charge on any atom is -0.384 e. The minimum atomic E-state index is 0.170. The highest BCUT2D eigenvalue weighted by Crippen LogP contribution is 2.29. The summed E-state index contributed by atoms with van der Waals surface area (Å²) >= 11 is 0. The standard InChI is InChI=1S/C15H24N4O2/c1-3-19-14-12(8-16-19)9-18(10-13(14)11-21-2)15(20)17-6-4-5-7-17/h8,13H,3-7,9-11H2,1-2H3/t13-/m1/s1. The van der Waals surface area contributed by atoms with E-state index < -0.39 is 0 Å². The summed E-state index contributed by atoms with van der Waals surface area (Å²) in [7, 11) is 1.72. The normalized spacial score (nSPS) is 21.7. The van der Waals surface area contributed by atoms with Crippen LogP contribution in [0.1, 0.15) is 36.9 Å². The molecule has 0 N–H and O–H groups in total. The van der Waals surface area contributed by atoms with Crippen LogP contribution in [0, 0.1) is 0 Å². The van der Waals surface area contributed by atoms with Gasteiger partial charge in [0, 0.05) is 44.8 Å². The van der Waals surface area contributed by atoms with Gasteiger partial charge in [0.15, 0.2) is 0 Å². The van der Waals surface area contributed by atoms with E-state index in [1.807, 2.05) is 20.7 Å². The number of aryl methyl sites for hydroxylation is 1. The number of ether oxygens (including phenoxy) is 1. The third-order valence-electron chi connectivity index (χ3n) is 4.46. The van der Waals surface area contributed by atoms with Gasteiger partial charge in [0.2, 0.25) is 0 Å². The number of nitrogens with zero attached hydrogens (tertiary/aromatic N) is 4. The van der Waals surface area contributed by atoms with Crippen molar-refractivity contribution >= 4 is 6.03 Å². The van der Waals surface area contributed by atoms with E-state index in [4.69, 9.17) is 4.74 Å². The van der Waals surface area contributed by atoms with Gasteiger partial charge in [0.05, 0.1) is 25.0 Å². The molecule has 0 aromatic carbocycles. The van der Waals surface area contributed by atoms with E-state index in [0.29, 0.717) is 13.2 Å². The van der Waals surface area contributed by atoms with E-state index >= 15 is 0 Å². The second-order valence-electron chi connectivity index (χ2n) is 5.88. The van der Waals surface area contributed by atoms with Gasteiger partial charge in [0.25, 0.3) is 0 Å². The number of urea groups is 1. The number of carbonyl (C=O) groups is 1. The largest absolute Gasteiger partial charge is 0.384 e. The molecule has 6 heteroatoms. The molecule has 3 heterocycles. The summed E-state index contributed by atoms with van der Waals surface area (Å²) in [6, 6.07) is 0.170. The summed E-state index contributed by atoms with van der Waals surface area (Å²) in [6.45, 7) is 6.76. The summed E-state index contributed by atoms with van der Waals surface area (Å²) in [5.74, 6) is 0.216. The first-order valence-corrected chi connectivity index (χ1v) is 7.82. The number of likely N-dealkylation sites (tertiary alicyclic amines) is 1. The second kappa shape index (κ2) is 6.05. The fraction of sp³-hybridized carbons (Fsp3) is 0.733. The van der Waals surface area contributed by atoms with Crippen LogP contribution < -0.4 is 0 Å². The van der Waals surface area contributed by atoms with E-state index in [1.54, 1.807) is 7.11 Å². The van der Waals surface area contributed by atoms with Crippen molar-refractivity contribution in [1.29, 1.82) is 0 Å². The van der Waals surface area contributed by atoms with E-state index in [-0.39, 0.29) is 11.9 Å². The number of aromatic nitrogens is 2. The first kappa shape index (κ1) is 14.4. The Bertz CT molecular complexity index is 508. The predicted octanol–water partition coefficient (Wildman–Crippen LogP) is 1.66. The molecule has 6 nitrogen and oxygen atoms in total. The van der Waals surface area contributed by atoms with E-state index in [0.717, 1.165) is 44.6 Å². The number of methoxy groups -OCH3 is 1. The van der Waals surface area contributed by atoms with Crippen LogP contribution in [0.5, 0.6) is 0 Å². The topological polar surface area (TPSA) is 50.6 Å². The summed E-state index contributed by atoms with van der Waals surface area (Å²) in [5.41, 5.74) is 2.41. The average molecular weight is 292 g/mol. The molecule has 1 aromatic rings. The van der Waals surface area contributed by atoms with Crippen molar-refractivity contribution < 1.29 is 9.53 Å². The summed E-state index contributed by atoms with van der Waals surface area (Å²) in [5, 5.41) is 4.45. The van der Waals surface area contributed by atoms with Crippen LogP contribution in [-0.2, 0) is 17.8 Å². The highest BCUT2D eigenvalue weighted by molar-refractivity contribution is 5.75. The summed E-state index contributed by atoms with van der Waals surface area (Å²) < 4.78 is 7.41. The number of amides is 2. The number of hydrogen-bond acceptors (Lipinski definition) is 3. The Kier molecular flexibility index (Phi) is 4.14. The molecule has 0 radical (unpaired) electrons. The maximum atomic E-state index is 12.6. The number of fused-ring (bicyclic) bond motifs is 1. The van der Waals surface area contributed by atoms with Crippen LogP contribution in [0.15, 0.2) is 6.20 Å². The van der Waals surface area contributed by atoms with Gasteiger partial charge >= 0.3 is 6.03 Å². The van der Waals surface area contributed by atoms with Crippen LogP contribution in [-0.4, -0.2) is 59.0 Å². The molecule has 21 heavy (non-hydrogen) atoms. The van der Waals surface area contributed by atoms with Gasteiger partial charge < -0.3 is 14.5 Å². The lowest BCUT2D eigenvalue weighted by atomic mass is 9.97. The highest BCUT2D eigenvalue weighted by atomic mass is 16.5. The van der Waals surface area contributed by atoms with Gasteiger partial charge in [-0.05, 0) is 19.8 Å². The molecular weight excluding hydrogens is 268 g/mol. The quantitative estimate of drug-likeness (QED) is 0.851. The van der Waals surface area contributed by atoms with Crippen molar-refractivity contribution in [3.05, 3.63) is 17.5 Å². The van der Waals surface area contributed by atoms with E-state index in [9.17, 15) is 4.79 Å². The van der Waals surface area contributed by atoms with Gasteiger partial charge in [-0.25, -0.2) is 4.79 Å². The molecule has 0 spiro atoms. The van der Waals surface area contributed by atoms with Gasteiger partial charge in [-0.3, -0.25) is 4.68 Å². The van der Waals surface area contributed by atoms with E-state index in [2.05, 4.69) is 12.0 Å². The Morgan fingerprint density at radius 2 is 2.14 bits per heavy atom. The lowest BCUT2D eigenvalue weighted by Gasteiger charge is -2.35. The van der Waals surface area contributed by atoms with E-state index in [1.165, 1.54) is 5.69 Å². The molecule has 1 saturated heterocycles. The minimum absolute atomic E-state index is 0.170. The monoisotopic (exact) mass is 292 g/mol. The molecule has 2 aliphatic heterocycles. The van der Waals surface area contributed by atoms with Gasteiger partial charge in [-0.1, -0.05) is 0 Å². The van der Waals surface area contributed by atoms with Crippen molar-refractivity contribution in [2.24, 2.45) is 0 Å². The molecule has 1 aromatic heterocycles. The van der Waals surface area contributed by atoms with Crippen LogP contribution in [0.4, 0.5) is 4.79 Å². The summed E-state index contributed by atoms with van der Waals surface area (Å²) in [4.78, 5) is 16.5. The van der Waals surface area contributed by atoms with Crippen LogP contribution in [0.25, 0.3) is 0 Å². The Morgan fingerprint density at radius 3 is 2.81 bits per heavy atom. The lowest BCUT2D eigenvalue weighted by Crippen LogP contribution is -2.46. The fourth-order valence-corrected chi connectivity index (χ4v) is 3.49.